The highest BCUT2D eigenvalue weighted by Gasteiger charge is 2.09. The van der Waals surface area contributed by atoms with Crippen molar-refractivity contribution in [3.05, 3.63) is 90.5 Å². The highest BCUT2D eigenvalue weighted by molar-refractivity contribution is 7.80. The summed E-state index contributed by atoms with van der Waals surface area (Å²) in [6, 6.07) is 28.9. The van der Waals surface area contributed by atoms with Crippen molar-refractivity contribution in [1.29, 1.82) is 0 Å². The largest absolute Gasteiger partial charge is 0.356 e. The van der Waals surface area contributed by atoms with E-state index in [0.717, 1.165) is 11.3 Å². The van der Waals surface area contributed by atoms with Gasteiger partial charge in [-0.1, -0.05) is 78.9 Å². The van der Waals surface area contributed by atoms with E-state index < -0.39 is 0 Å². The van der Waals surface area contributed by atoms with Gasteiger partial charge in [-0.15, -0.1) is 0 Å². The van der Waals surface area contributed by atoms with Crippen LogP contribution in [-0.4, -0.2) is 5.11 Å². The van der Waals surface area contributed by atoms with Crippen LogP contribution in [0.4, 0.5) is 5.69 Å². The Morgan fingerprint density at radius 2 is 1.38 bits per heavy atom. The van der Waals surface area contributed by atoms with Crippen molar-refractivity contribution < 1.29 is 0 Å². The molecule has 2 nitrogen and oxygen atoms in total. The van der Waals surface area contributed by atoms with Crippen molar-refractivity contribution in [3.63, 3.8) is 0 Å². The lowest BCUT2D eigenvalue weighted by molar-refractivity contribution is 0.723. The normalized spacial score (nSPS) is 11.5. The van der Waals surface area contributed by atoms with E-state index in [1.807, 2.05) is 54.6 Å². The molecule has 0 heterocycles. The third-order valence-corrected chi connectivity index (χ3v) is 4.13. The summed E-state index contributed by atoms with van der Waals surface area (Å²) in [6.45, 7) is 2.10. The zero-order chi connectivity index (χ0) is 16.8. The molecule has 1 unspecified atom stereocenters. The first-order valence-corrected chi connectivity index (χ1v) is 8.42. The standard InChI is InChI=1S/C21H20N2S/c1-16(17-10-4-2-5-11-17)22-21(24)23-20-15-9-8-14-19(20)18-12-6-3-7-13-18/h2-16H,1H3,(H2,22,23,24). The second-order valence-electron chi connectivity index (χ2n) is 5.64. The van der Waals surface area contributed by atoms with Crippen LogP contribution < -0.4 is 10.6 Å². The predicted octanol–water partition coefficient (Wildman–Crippen LogP) is 5.40. The number of para-hydroxylation sites is 1. The summed E-state index contributed by atoms with van der Waals surface area (Å²) in [6.07, 6.45) is 0. The van der Waals surface area contributed by atoms with Crippen molar-refractivity contribution in [1.82, 2.24) is 5.32 Å². The minimum absolute atomic E-state index is 0.148. The van der Waals surface area contributed by atoms with E-state index in [0.29, 0.717) is 5.11 Å². The number of rotatable bonds is 4. The lowest BCUT2D eigenvalue weighted by atomic mass is 10.0. The van der Waals surface area contributed by atoms with E-state index in [1.165, 1.54) is 11.1 Å². The molecule has 3 heteroatoms. The zero-order valence-electron chi connectivity index (χ0n) is 13.6. The third-order valence-electron chi connectivity index (χ3n) is 3.91. The Hall–Kier alpha value is -2.65. The average molecular weight is 332 g/mol. The first kappa shape index (κ1) is 16.2. The summed E-state index contributed by atoms with van der Waals surface area (Å²) in [5.41, 5.74) is 4.51. The highest BCUT2D eigenvalue weighted by atomic mass is 32.1. The van der Waals surface area contributed by atoms with Crippen LogP contribution in [0.3, 0.4) is 0 Å². The Kier molecular flexibility index (Phi) is 5.24. The van der Waals surface area contributed by atoms with E-state index >= 15 is 0 Å². The Labute approximate surface area is 148 Å². The van der Waals surface area contributed by atoms with Crippen LogP contribution in [0.2, 0.25) is 0 Å². The molecular weight excluding hydrogens is 312 g/mol. The topological polar surface area (TPSA) is 24.1 Å². The highest BCUT2D eigenvalue weighted by Crippen LogP contribution is 2.27. The van der Waals surface area contributed by atoms with Gasteiger partial charge in [-0.2, -0.15) is 0 Å². The average Bonchev–Trinajstić information content (AvgIpc) is 2.63. The van der Waals surface area contributed by atoms with Crippen LogP contribution in [-0.2, 0) is 0 Å². The van der Waals surface area contributed by atoms with Crippen LogP contribution in [0.5, 0.6) is 0 Å². The van der Waals surface area contributed by atoms with Crippen LogP contribution in [0.15, 0.2) is 84.9 Å². The van der Waals surface area contributed by atoms with Crippen LogP contribution in [0, 0.1) is 0 Å². The minimum atomic E-state index is 0.148. The van der Waals surface area contributed by atoms with Gasteiger partial charge in [-0.25, -0.2) is 0 Å². The summed E-state index contributed by atoms with van der Waals surface area (Å²) in [4.78, 5) is 0. The first-order chi connectivity index (χ1) is 11.7. The lowest BCUT2D eigenvalue weighted by Crippen LogP contribution is -2.31. The molecule has 0 bridgehead atoms. The van der Waals surface area contributed by atoms with E-state index in [1.54, 1.807) is 0 Å². The molecule has 3 rings (SSSR count). The number of benzene rings is 3. The minimum Gasteiger partial charge on any atom is -0.356 e. The van der Waals surface area contributed by atoms with Crippen molar-refractivity contribution in [3.8, 4) is 11.1 Å². The summed E-state index contributed by atoms with van der Waals surface area (Å²) in [5.74, 6) is 0. The molecule has 0 radical (unpaired) electrons. The molecule has 0 saturated heterocycles. The summed E-state index contributed by atoms with van der Waals surface area (Å²) >= 11 is 5.50. The lowest BCUT2D eigenvalue weighted by Gasteiger charge is -2.19. The molecule has 3 aromatic rings. The summed E-state index contributed by atoms with van der Waals surface area (Å²) < 4.78 is 0. The van der Waals surface area contributed by atoms with Crippen LogP contribution in [0.25, 0.3) is 11.1 Å². The maximum atomic E-state index is 5.50. The fourth-order valence-corrected chi connectivity index (χ4v) is 2.93. The van der Waals surface area contributed by atoms with Gasteiger partial charge in [-0.3, -0.25) is 0 Å². The Balaban J connectivity index is 1.74. The molecule has 0 aliphatic rings. The van der Waals surface area contributed by atoms with Crippen molar-refractivity contribution in [2.45, 2.75) is 13.0 Å². The number of hydrogen-bond acceptors (Lipinski definition) is 1. The fourth-order valence-electron chi connectivity index (χ4n) is 2.64. The smallest absolute Gasteiger partial charge is 0.171 e. The van der Waals surface area contributed by atoms with E-state index in [-0.39, 0.29) is 6.04 Å². The maximum absolute atomic E-state index is 5.50. The van der Waals surface area contributed by atoms with Gasteiger partial charge in [0.1, 0.15) is 0 Å². The molecule has 0 amide bonds. The molecule has 2 N–H and O–H groups in total. The Morgan fingerprint density at radius 3 is 2.08 bits per heavy atom. The van der Waals surface area contributed by atoms with Gasteiger partial charge in [0.2, 0.25) is 0 Å². The molecule has 0 aliphatic heterocycles. The Morgan fingerprint density at radius 1 is 0.792 bits per heavy atom. The van der Waals surface area contributed by atoms with Gasteiger partial charge in [0.25, 0.3) is 0 Å². The zero-order valence-corrected chi connectivity index (χ0v) is 14.4. The van der Waals surface area contributed by atoms with Crippen LogP contribution >= 0.6 is 12.2 Å². The quantitative estimate of drug-likeness (QED) is 0.625. The van der Waals surface area contributed by atoms with E-state index in [9.17, 15) is 0 Å². The molecular formula is C21H20N2S. The number of anilines is 1. The Bertz CT molecular complexity index is 800. The molecule has 24 heavy (non-hydrogen) atoms. The van der Waals surface area contributed by atoms with Gasteiger partial charge in [0, 0.05) is 11.3 Å². The van der Waals surface area contributed by atoms with Crippen molar-refractivity contribution in [2.75, 3.05) is 5.32 Å². The fraction of sp³-hybridized carbons (Fsp3) is 0.0952. The van der Waals surface area contributed by atoms with Gasteiger partial charge < -0.3 is 10.6 Å². The second-order valence-corrected chi connectivity index (χ2v) is 6.05. The van der Waals surface area contributed by atoms with Crippen molar-refractivity contribution >= 4 is 23.0 Å². The molecule has 120 valence electrons. The second kappa shape index (κ2) is 7.75. The van der Waals surface area contributed by atoms with E-state index in [4.69, 9.17) is 12.2 Å². The molecule has 0 fully saturated rings. The molecule has 0 saturated carbocycles. The molecule has 0 aliphatic carbocycles. The SMILES string of the molecule is CC(NC(=S)Nc1ccccc1-c1ccccc1)c1ccccc1. The molecule has 3 aromatic carbocycles. The molecule has 1 atom stereocenters. The summed E-state index contributed by atoms with van der Waals surface area (Å²) in [7, 11) is 0. The number of thiocarbonyl (C=S) groups is 1. The molecule has 0 aromatic heterocycles. The van der Waals surface area contributed by atoms with Gasteiger partial charge in [0.05, 0.1) is 6.04 Å². The van der Waals surface area contributed by atoms with Gasteiger partial charge in [0.15, 0.2) is 5.11 Å². The number of nitrogens with one attached hydrogen (secondary N) is 2. The first-order valence-electron chi connectivity index (χ1n) is 8.01. The predicted molar refractivity (Wildman–Crippen MR) is 106 cm³/mol. The maximum Gasteiger partial charge on any atom is 0.171 e. The monoisotopic (exact) mass is 332 g/mol. The van der Waals surface area contributed by atoms with Crippen molar-refractivity contribution in [2.24, 2.45) is 0 Å². The van der Waals surface area contributed by atoms with Gasteiger partial charge >= 0.3 is 0 Å². The molecule has 0 spiro atoms. The van der Waals surface area contributed by atoms with E-state index in [2.05, 4.69) is 47.9 Å². The third kappa shape index (κ3) is 4.00. The summed E-state index contributed by atoms with van der Waals surface area (Å²) in [5, 5.41) is 7.29. The number of hydrogen-bond donors (Lipinski definition) is 2. The van der Waals surface area contributed by atoms with Gasteiger partial charge in [-0.05, 0) is 36.3 Å². The van der Waals surface area contributed by atoms with Crippen LogP contribution in [0.1, 0.15) is 18.5 Å².